The highest BCUT2D eigenvalue weighted by molar-refractivity contribution is 5.84. The lowest BCUT2D eigenvalue weighted by Crippen LogP contribution is -2.50. The SMILES string of the molecule is Cc1nnc(N2CCN(C(=O)C(Cc3ccncc3)c3ccccc3)CC2)o1. The molecule has 144 valence electrons. The molecular formula is C21H23N5O2. The predicted molar refractivity (Wildman–Crippen MR) is 105 cm³/mol. The van der Waals surface area contributed by atoms with Gasteiger partial charge in [-0.25, -0.2) is 0 Å². The van der Waals surface area contributed by atoms with Gasteiger partial charge in [0.1, 0.15) is 0 Å². The number of rotatable bonds is 5. The first-order valence-corrected chi connectivity index (χ1v) is 9.48. The molecule has 1 aliphatic heterocycles. The Morgan fingerprint density at radius 3 is 2.39 bits per heavy atom. The normalized spacial score (nSPS) is 15.5. The van der Waals surface area contributed by atoms with Crippen LogP contribution in [0, 0.1) is 6.92 Å². The average Bonchev–Trinajstić information content (AvgIpc) is 3.19. The average molecular weight is 377 g/mol. The van der Waals surface area contributed by atoms with Crippen molar-refractivity contribution in [2.75, 3.05) is 31.1 Å². The Kier molecular flexibility index (Phi) is 5.32. The van der Waals surface area contributed by atoms with E-state index in [-0.39, 0.29) is 11.8 Å². The van der Waals surface area contributed by atoms with E-state index in [4.69, 9.17) is 4.42 Å². The molecule has 0 bridgehead atoms. The molecule has 1 unspecified atom stereocenters. The minimum absolute atomic E-state index is 0.157. The van der Waals surface area contributed by atoms with Crippen LogP contribution >= 0.6 is 0 Å². The van der Waals surface area contributed by atoms with E-state index in [9.17, 15) is 4.79 Å². The zero-order valence-electron chi connectivity index (χ0n) is 15.9. The molecule has 3 aromatic rings. The molecule has 0 spiro atoms. The van der Waals surface area contributed by atoms with Gasteiger partial charge in [-0.3, -0.25) is 9.78 Å². The van der Waals surface area contributed by atoms with Gasteiger partial charge in [0.25, 0.3) is 0 Å². The van der Waals surface area contributed by atoms with Crippen molar-refractivity contribution in [1.29, 1.82) is 0 Å². The van der Waals surface area contributed by atoms with Crippen LogP contribution in [0.3, 0.4) is 0 Å². The van der Waals surface area contributed by atoms with E-state index in [1.54, 1.807) is 19.3 Å². The van der Waals surface area contributed by atoms with E-state index in [1.165, 1.54) is 0 Å². The highest BCUT2D eigenvalue weighted by Gasteiger charge is 2.30. The van der Waals surface area contributed by atoms with Crippen LogP contribution < -0.4 is 4.90 Å². The lowest BCUT2D eigenvalue weighted by Gasteiger charge is -2.35. The van der Waals surface area contributed by atoms with Gasteiger partial charge in [-0.2, -0.15) is 0 Å². The van der Waals surface area contributed by atoms with E-state index < -0.39 is 0 Å². The summed E-state index contributed by atoms with van der Waals surface area (Å²) in [5.74, 6) is 0.500. The van der Waals surface area contributed by atoms with Gasteiger partial charge < -0.3 is 14.2 Å². The number of pyridine rings is 1. The van der Waals surface area contributed by atoms with Gasteiger partial charge in [-0.05, 0) is 29.7 Å². The van der Waals surface area contributed by atoms with Gasteiger partial charge in [0, 0.05) is 45.5 Å². The molecule has 1 atom stereocenters. The largest absolute Gasteiger partial charge is 0.408 e. The van der Waals surface area contributed by atoms with Crippen molar-refractivity contribution < 1.29 is 9.21 Å². The van der Waals surface area contributed by atoms with Crippen LogP contribution in [0.4, 0.5) is 6.01 Å². The quantitative estimate of drug-likeness (QED) is 0.680. The number of hydrogen-bond acceptors (Lipinski definition) is 6. The molecule has 0 radical (unpaired) electrons. The minimum atomic E-state index is -0.208. The van der Waals surface area contributed by atoms with Crippen LogP contribution in [-0.4, -0.2) is 52.2 Å². The number of anilines is 1. The third-order valence-corrected chi connectivity index (χ3v) is 5.07. The number of hydrogen-bond donors (Lipinski definition) is 0. The van der Waals surface area contributed by atoms with E-state index in [2.05, 4.69) is 15.2 Å². The molecule has 28 heavy (non-hydrogen) atoms. The molecule has 1 aromatic carbocycles. The van der Waals surface area contributed by atoms with Gasteiger partial charge in [-0.15, -0.1) is 5.10 Å². The lowest BCUT2D eigenvalue weighted by atomic mass is 9.91. The maximum Gasteiger partial charge on any atom is 0.318 e. The summed E-state index contributed by atoms with van der Waals surface area (Å²) in [5.41, 5.74) is 2.15. The number of benzene rings is 1. The van der Waals surface area contributed by atoms with Crippen LogP contribution in [0.1, 0.15) is 22.9 Å². The number of carbonyl (C=O) groups is 1. The van der Waals surface area contributed by atoms with Gasteiger partial charge >= 0.3 is 6.01 Å². The van der Waals surface area contributed by atoms with Crippen molar-refractivity contribution in [1.82, 2.24) is 20.1 Å². The first kappa shape index (κ1) is 18.2. The second-order valence-electron chi connectivity index (χ2n) is 6.94. The molecule has 1 amide bonds. The van der Waals surface area contributed by atoms with Crippen LogP contribution in [-0.2, 0) is 11.2 Å². The summed E-state index contributed by atoms with van der Waals surface area (Å²) in [6, 6.07) is 14.5. The molecule has 3 heterocycles. The summed E-state index contributed by atoms with van der Waals surface area (Å²) in [7, 11) is 0. The number of aryl methyl sites for hydroxylation is 1. The molecule has 7 nitrogen and oxygen atoms in total. The summed E-state index contributed by atoms with van der Waals surface area (Å²) in [5, 5.41) is 7.96. The molecule has 0 saturated carbocycles. The maximum absolute atomic E-state index is 13.4. The summed E-state index contributed by atoms with van der Waals surface area (Å²) >= 11 is 0. The zero-order valence-corrected chi connectivity index (χ0v) is 15.9. The molecule has 1 saturated heterocycles. The van der Waals surface area contributed by atoms with Crippen molar-refractivity contribution in [3.63, 3.8) is 0 Å². The molecule has 0 aliphatic carbocycles. The Bertz CT molecular complexity index is 905. The second kappa shape index (κ2) is 8.21. The molecule has 7 heteroatoms. The monoisotopic (exact) mass is 377 g/mol. The van der Waals surface area contributed by atoms with Crippen molar-refractivity contribution in [3.8, 4) is 0 Å². The summed E-state index contributed by atoms with van der Waals surface area (Å²) in [4.78, 5) is 21.4. The Morgan fingerprint density at radius 2 is 1.75 bits per heavy atom. The molecule has 4 rings (SSSR count). The topological polar surface area (TPSA) is 75.4 Å². The molecule has 1 aliphatic rings. The fraction of sp³-hybridized carbons (Fsp3) is 0.333. The number of amides is 1. The number of aromatic nitrogens is 3. The smallest absolute Gasteiger partial charge is 0.318 e. The Morgan fingerprint density at radius 1 is 1.04 bits per heavy atom. The number of piperazine rings is 1. The van der Waals surface area contributed by atoms with Gasteiger partial charge in [-0.1, -0.05) is 35.4 Å². The van der Waals surface area contributed by atoms with Gasteiger partial charge in [0.15, 0.2) is 0 Å². The number of carbonyl (C=O) groups excluding carboxylic acids is 1. The Hall–Kier alpha value is -3.22. The summed E-state index contributed by atoms with van der Waals surface area (Å²) in [6.45, 7) is 4.42. The van der Waals surface area contributed by atoms with Crippen LogP contribution in [0.15, 0.2) is 59.3 Å². The van der Waals surface area contributed by atoms with Crippen molar-refractivity contribution in [2.45, 2.75) is 19.3 Å². The molecule has 1 fully saturated rings. The van der Waals surface area contributed by atoms with Crippen molar-refractivity contribution in [3.05, 3.63) is 71.9 Å². The van der Waals surface area contributed by atoms with Crippen molar-refractivity contribution in [2.24, 2.45) is 0 Å². The third kappa shape index (κ3) is 4.03. The molecule has 2 aromatic heterocycles. The van der Waals surface area contributed by atoms with E-state index in [1.807, 2.05) is 52.3 Å². The highest BCUT2D eigenvalue weighted by Crippen LogP contribution is 2.25. The van der Waals surface area contributed by atoms with E-state index >= 15 is 0 Å². The van der Waals surface area contributed by atoms with E-state index in [0.29, 0.717) is 44.5 Å². The maximum atomic E-state index is 13.4. The lowest BCUT2D eigenvalue weighted by molar-refractivity contribution is -0.133. The number of nitrogens with zero attached hydrogens (tertiary/aromatic N) is 5. The molecular weight excluding hydrogens is 354 g/mol. The molecule has 0 N–H and O–H groups in total. The van der Waals surface area contributed by atoms with Gasteiger partial charge in [0.05, 0.1) is 5.92 Å². The fourth-order valence-corrected chi connectivity index (χ4v) is 3.54. The Labute approximate surface area is 164 Å². The third-order valence-electron chi connectivity index (χ3n) is 5.07. The highest BCUT2D eigenvalue weighted by atomic mass is 16.4. The Balaban J connectivity index is 1.48. The first-order chi connectivity index (χ1) is 13.7. The van der Waals surface area contributed by atoms with E-state index in [0.717, 1.165) is 11.1 Å². The second-order valence-corrected chi connectivity index (χ2v) is 6.94. The predicted octanol–water partition coefficient (Wildman–Crippen LogP) is 2.45. The van der Waals surface area contributed by atoms with Crippen molar-refractivity contribution >= 4 is 11.9 Å². The van der Waals surface area contributed by atoms with Crippen LogP contribution in [0.5, 0.6) is 0 Å². The summed E-state index contributed by atoms with van der Waals surface area (Å²) < 4.78 is 5.51. The minimum Gasteiger partial charge on any atom is -0.408 e. The van der Waals surface area contributed by atoms with Crippen LogP contribution in [0.2, 0.25) is 0 Å². The summed E-state index contributed by atoms with van der Waals surface area (Å²) in [6.07, 6.45) is 4.20. The van der Waals surface area contributed by atoms with Gasteiger partial charge in [0.2, 0.25) is 11.8 Å². The standard InChI is InChI=1S/C21H23N5O2/c1-16-23-24-21(28-16)26-13-11-25(12-14-26)20(27)19(18-5-3-2-4-6-18)15-17-7-9-22-10-8-17/h2-10,19H,11-15H2,1H3. The van der Waals surface area contributed by atoms with Crippen LogP contribution in [0.25, 0.3) is 0 Å². The zero-order chi connectivity index (χ0) is 19.3. The first-order valence-electron chi connectivity index (χ1n) is 9.48. The fourth-order valence-electron chi connectivity index (χ4n) is 3.54.